The van der Waals surface area contributed by atoms with Crippen molar-refractivity contribution in [3.05, 3.63) is 25.3 Å². The fraction of sp³-hybridized carbons (Fsp3) is 0.417. The minimum Gasteiger partial charge on any atom is -0.434 e. The number of ether oxygens (including phenoxy) is 2. The largest absolute Gasteiger partial charge is 0.510 e. The Balaban J connectivity index is 3.34. The van der Waals surface area contributed by atoms with E-state index in [1.54, 1.807) is 0 Å². The van der Waals surface area contributed by atoms with Gasteiger partial charge in [-0.1, -0.05) is 13.2 Å². The number of carbonyl (C=O) groups excluding carboxylic acids is 3. The summed E-state index contributed by atoms with van der Waals surface area (Å²) in [5, 5.41) is 0. The molecule has 9 heteroatoms. The topological polar surface area (TPSA) is 107 Å². The molecule has 0 fully saturated rings. The van der Waals surface area contributed by atoms with E-state index >= 15 is 0 Å². The summed E-state index contributed by atoms with van der Waals surface area (Å²) < 4.78 is 9.05. The van der Waals surface area contributed by atoms with Crippen LogP contribution in [-0.4, -0.2) is 38.1 Å². The molecule has 0 aliphatic carbocycles. The van der Waals surface area contributed by atoms with E-state index in [4.69, 9.17) is 0 Å². The van der Waals surface area contributed by atoms with Crippen LogP contribution in [0.1, 0.15) is 12.8 Å². The zero-order valence-electron chi connectivity index (χ0n) is 11.3. The second kappa shape index (κ2) is 12.6. The van der Waals surface area contributed by atoms with Gasteiger partial charge in [-0.05, 0) is 12.8 Å². The molecule has 118 valence electrons. The van der Waals surface area contributed by atoms with Crippen molar-refractivity contribution in [1.29, 1.82) is 0 Å². The molecule has 0 amide bonds. The van der Waals surface area contributed by atoms with E-state index in [1.165, 1.54) is 0 Å². The third-order valence-electron chi connectivity index (χ3n) is 1.68. The summed E-state index contributed by atoms with van der Waals surface area (Å²) in [7, 11) is 0. The van der Waals surface area contributed by atoms with Crippen LogP contribution in [0.25, 0.3) is 0 Å². The summed E-state index contributed by atoms with van der Waals surface area (Å²) in [5.74, 6) is -1.50. The molecule has 0 unspecified atom stereocenters. The molecule has 0 atom stereocenters. The molecule has 9 nitrogen and oxygen atoms in total. The first-order chi connectivity index (χ1) is 10.1. The molecular weight excluding hydrogens is 288 g/mol. The lowest BCUT2D eigenvalue weighted by Crippen LogP contribution is -2.13. The van der Waals surface area contributed by atoms with Crippen LogP contribution in [0, 0.1) is 0 Å². The van der Waals surface area contributed by atoms with Gasteiger partial charge in [-0.25, -0.2) is 14.4 Å². The van der Waals surface area contributed by atoms with Gasteiger partial charge in [-0.15, -0.1) is 4.89 Å². The molecule has 0 radical (unpaired) electrons. The molecule has 0 aliphatic heterocycles. The summed E-state index contributed by atoms with van der Waals surface area (Å²) in [5.41, 5.74) is 0. The van der Waals surface area contributed by atoms with Crippen LogP contribution in [0.15, 0.2) is 25.3 Å². The lowest BCUT2D eigenvalue weighted by atomic mass is 10.3. The van der Waals surface area contributed by atoms with Gasteiger partial charge in [0.2, 0.25) is 6.79 Å². The maximum Gasteiger partial charge on any atom is 0.510 e. The standard InChI is InChI=1S/C12H16O9/c1-3-10(13)20-18-8-6-5-7-16-12(15)17-9-19-21-11(14)4-2/h3-4H,1-2,5-9H2. The Morgan fingerprint density at radius 2 is 1.38 bits per heavy atom. The van der Waals surface area contributed by atoms with Crippen molar-refractivity contribution in [3.8, 4) is 0 Å². The number of unbranched alkanes of at least 4 members (excludes halogenated alkanes) is 1. The molecule has 0 N–H and O–H groups in total. The van der Waals surface area contributed by atoms with Crippen LogP contribution in [0.3, 0.4) is 0 Å². The predicted molar refractivity (Wildman–Crippen MR) is 66.1 cm³/mol. The average molecular weight is 304 g/mol. The predicted octanol–water partition coefficient (Wildman–Crippen LogP) is 1.20. The minimum absolute atomic E-state index is 0.0735. The third-order valence-corrected chi connectivity index (χ3v) is 1.68. The molecule has 0 aromatic carbocycles. The Labute approximate surface area is 120 Å². The quantitative estimate of drug-likeness (QED) is 0.139. The van der Waals surface area contributed by atoms with E-state index in [0.717, 1.165) is 12.2 Å². The summed E-state index contributed by atoms with van der Waals surface area (Å²) in [6.45, 7) is 5.94. The number of hydrogen-bond donors (Lipinski definition) is 0. The first kappa shape index (κ1) is 18.6. The van der Waals surface area contributed by atoms with E-state index in [2.05, 4.69) is 42.2 Å². The number of hydrogen-bond acceptors (Lipinski definition) is 9. The van der Waals surface area contributed by atoms with Gasteiger partial charge in [-0.3, -0.25) is 9.78 Å². The highest BCUT2D eigenvalue weighted by atomic mass is 17.2. The average Bonchev–Trinajstić information content (AvgIpc) is 2.49. The van der Waals surface area contributed by atoms with Crippen molar-refractivity contribution < 1.29 is 43.4 Å². The van der Waals surface area contributed by atoms with Crippen LogP contribution in [-0.2, 0) is 38.6 Å². The second-order valence-corrected chi connectivity index (χ2v) is 3.22. The molecule has 0 aromatic heterocycles. The Hall–Kier alpha value is -2.39. The molecule has 21 heavy (non-hydrogen) atoms. The van der Waals surface area contributed by atoms with Gasteiger partial charge in [0.1, 0.15) is 0 Å². The van der Waals surface area contributed by atoms with Gasteiger partial charge >= 0.3 is 18.1 Å². The highest BCUT2D eigenvalue weighted by molar-refractivity contribution is 5.80. The van der Waals surface area contributed by atoms with Crippen molar-refractivity contribution in [1.82, 2.24) is 0 Å². The summed E-state index contributed by atoms with van der Waals surface area (Å²) in [6, 6.07) is 0. The molecule has 0 saturated heterocycles. The van der Waals surface area contributed by atoms with E-state index < -0.39 is 24.9 Å². The third kappa shape index (κ3) is 12.4. The van der Waals surface area contributed by atoms with E-state index in [1.807, 2.05) is 0 Å². The van der Waals surface area contributed by atoms with Crippen molar-refractivity contribution >= 4 is 18.1 Å². The Bertz CT molecular complexity index is 364. The van der Waals surface area contributed by atoms with Gasteiger partial charge < -0.3 is 9.47 Å². The van der Waals surface area contributed by atoms with Crippen molar-refractivity contribution in [2.24, 2.45) is 0 Å². The van der Waals surface area contributed by atoms with E-state index in [9.17, 15) is 14.4 Å². The van der Waals surface area contributed by atoms with Gasteiger partial charge in [-0.2, -0.15) is 4.89 Å². The van der Waals surface area contributed by atoms with Crippen LogP contribution in [0.4, 0.5) is 4.79 Å². The van der Waals surface area contributed by atoms with Crippen molar-refractivity contribution in [2.45, 2.75) is 12.8 Å². The van der Waals surface area contributed by atoms with Crippen LogP contribution < -0.4 is 0 Å². The van der Waals surface area contributed by atoms with Gasteiger partial charge in [0.25, 0.3) is 0 Å². The maximum absolute atomic E-state index is 11.0. The lowest BCUT2D eigenvalue weighted by molar-refractivity contribution is -0.299. The molecule has 0 aromatic rings. The molecule has 0 spiro atoms. The van der Waals surface area contributed by atoms with Gasteiger partial charge in [0, 0.05) is 12.2 Å². The Morgan fingerprint density at radius 3 is 2.00 bits per heavy atom. The van der Waals surface area contributed by atoms with E-state index in [-0.39, 0.29) is 13.2 Å². The number of carbonyl (C=O) groups is 3. The zero-order chi connectivity index (χ0) is 15.9. The van der Waals surface area contributed by atoms with Gasteiger partial charge in [0.15, 0.2) is 0 Å². The van der Waals surface area contributed by atoms with Crippen LogP contribution in [0.2, 0.25) is 0 Å². The Morgan fingerprint density at radius 1 is 0.810 bits per heavy atom. The highest BCUT2D eigenvalue weighted by Crippen LogP contribution is 1.95. The summed E-state index contributed by atoms with van der Waals surface area (Å²) in [6.07, 6.45) is 1.82. The smallest absolute Gasteiger partial charge is 0.434 e. The minimum atomic E-state index is -0.983. The van der Waals surface area contributed by atoms with Crippen molar-refractivity contribution in [2.75, 3.05) is 20.0 Å². The maximum atomic E-state index is 11.0. The fourth-order valence-corrected chi connectivity index (χ4v) is 0.782. The molecule has 0 saturated carbocycles. The zero-order valence-corrected chi connectivity index (χ0v) is 11.3. The normalized spacial score (nSPS) is 9.33. The van der Waals surface area contributed by atoms with Crippen LogP contribution in [0.5, 0.6) is 0 Å². The molecule has 0 heterocycles. The van der Waals surface area contributed by atoms with E-state index in [0.29, 0.717) is 12.8 Å². The molecular formula is C12H16O9. The summed E-state index contributed by atoms with van der Waals surface area (Å²) >= 11 is 0. The Kier molecular flexibility index (Phi) is 11.2. The van der Waals surface area contributed by atoms with Gasteiger partial charge in [0.05, 0.1) is 13.2 Å². The van der Waals surface area contributed by atoms with Crippen molar-refractivity contribution in [3.63, 3.8) is 0 Å². The monoisotopic (exact) mass is 304 g/mol. The summed E-state index contributed by atoms with van der Waals surface area (Å²) in [4.78, 5) is 49.2. The fourth-order valence-electron chi connectivity index (χ4n) is 0.782. The molecule has 0 rings (SSSR count). The molecule has 0 aliphatic rings. The SMILES string of the molecule is C=CC(=O)OOCCCCOC(=O)OCOOC(=O)C=C. The molecule has 0 bridgehead atoms. The second-order valence-electron chi connectivity index (χ2n) is 3.22. The lowest BCUT2D eigenvalue weighted by Gasteiger charge is -2.05. The number of rotatable bonds is 11. The first-order valence-electron chi connectivity index (χ1n) is 5.81. The highest BCUT2D eigenvalue weighted by Gasteiger charge is 2.05. The van der Waals surface area contributed by atoms with Crippen LogP contribution >= 0.6 is 0 Å². The first-order valence-corrected chi connectivity index (χ1v) is 5.81.